The minimum atomic E-state index is -0.581. The topological polar surface area (TPSA) is 111 Å². The molecule has 0 aliphatic rings. The Morgan fingerprint density at radius 1 is 1.04 bits per heavy atom. The van der Waals surface area contributed by atoms with E-state index in [0.717, 1.165) is 6.07 Å². The van der Waals surface area contributed by atoms with Crippen LogP contribution in [0, 0.1) is 16.0 Å². The molecule has 0 fully saturated rings. The molecule has 8 nitrogen and oxygen atoms in total. The Labute approximate surface area is 150 Å². The molecule has 0 bridgehead atoms. The molecular weight excluding hydrogens is 338 g/mol. The Balaban J connectivity index is 2.16. The number of nitro groups is 1. The number of hydrogen-bond donors (Lipinski definition) is 2. The van der Waals surface area contributed by atoms with Gasteiger partial charge < -0.3 is 15.4 Å². The van der Waals surface area contributed by atoms with Gasteiger partial charge in [-0.05, 0) is 30.3 Å². The minimum absolute atomic E-state index is 0.0545. The van der Waals surface area contributed by atoms with Gasteiger partial charge in [-0.25, -0.2) is 0 Å². The van der Waals surface area contributed by atoms with Gasteiger partial charge in [0, 0.05) is 29.4 Å². The first-order chi connectivity index (χ1) is 12.3. The molecule has 0 unspecified atom stereocenters. The van der Waals surface area contributed by atoms with Crippen LogP contribution in [0.5, 0.6) is 5.75 Å². The van der Waals surface area contributed by atoms with Crippen LogP contribution >= 0.6 is 0 Å². The van der Waals surface area contributed by atoms with E-state index in [1.165, 1.54) is 19.2 Å². The molecule has 2 aromatic rings. The number of nitrogens with one attached hydrogen (secondary N) is 2. The van der Waals surface area contributed by atoms with Gasteiger partial charge in [0.05, 0.1) is 17.6 Å². The molecule has 8 heteroatoms. The Kier molecular flexibility index (Phi) is 5.90. The van der Waals surface area contributed by atoms with Gasteiger partial charge in [-0.2, -0.15) is 0 Å². The molecule has 0 saturated carbocycles. The second-order valence-electron chi connectivity index (χ2n) is 5.82. The highest BCUT2D eigenvalue weighted by atomic mass is 16.6. The summed E-state index contributed by atoms with van der Waals surface area (Å²) in [7, 11) is 1.38. The summed E-state index contributed by atoms with van der Waals surface area (Å²) in [6, 6.07) is 10.3. The van der Waals surface area contributed by atoms with Crippen LogP contribution in [0.2, 0.25) is 0 Å². The summed E-state index contributed by atoms with van der Waals surface area (Å²) in [5, 5.41) is 16.3. The van der Waals surface area contributed by atoms with Crippen LogP contribution in [0.25, 0.3) is 0 Å². The maximum Gasteiger partial charge on any atom is 0.270 e. The molecule has 0 aliphatic carbocycles. The average Bonchev–Trinajstić information content (AvgIpc) is 2.62. The molecule has 2 aromatic carbocycles. The van der Waals surface area contributed by atoms with Crippen LogP contribution in [-0.4, -0.2) is 23.8 Å². The third-order valence-electron chi connectivity index (χ3n) is 3.57. The van der Waals surface area contributed by atoms with E-state index in [2.05, 4.69) is 10.6 Å². The Morgan fingerprint density at radius 3 is 2.12 bits per heavy atom. The number of benzene rings is 2. The number of amides is 2. The first-order valence-corrected chi connectivity index (χ1v) is 7.86. The van der Waals surface area contributed by atoms with E-state index in [1.54, 1.807) is 38.1 Å². The van der Waals surface area contributed by atoms with E-state index in [0.29, 0.717) is 11.4 Å². The SMILES string of the molecule is COc1ccc([N+](=O)[O-])cc1C(=O)Nc1ccc(NC(=O)C(C)C)cc1. The van der Waals surface area contributed by atoms with Crippen molar-refractivity contribution in [3.05, 3.63) is 58.1 Å². The summed E-state index contributed by atoms with van der Waals surface area (Å²) in [5.74, 6) is -0.558. The average molecular weight is 357 g/mol. The number of carbonyl (C=O) groups excluding carboxylic acids is 2. The number of methoxy groups -OCH3 is 1. The fourth-order valence-corrected chi connectivity index (χ4v) is 2.11. The summed E-state index contributed by atoms with van der Waals surface area (Å²) in [6.45, 7) is 3.58. The predicted molar refractivity (Wildman–Crippen MR) is 97.5 cm³/mol. The predicted octanol–water partition coefficient (Wildman–Crippen LogP) is 3.45. The van der Waals surface area contributed by atoms with E-state index in [4.69, 9.17) is 4.74 Å². The number of ether oxygens (including phenoxy) is 1. The van der Waals surface area contributed by atoms with Crippen molar-refractivity contribution in [2.45, 2.75) is 13.8 Å². The highest BCUT2D eigenvalue weighted by Gasteiger charge is 2.17. The fraction of sp³-hybridized carbons (Fsp3) is 0.222. The lowest BCUT2D eigenvalue weighted by Gasteiger charge is -2.11. The zero-order valence-corrected chi connectivity index (χ0v) is 14.6. The van der Waals surface area contributed by atoms with E-state index in [9.17, 15) is 19.7 Å². The summed E-state index contributed by atoms with van der Waals surface area (Å²) in [5.41, 5.74) is 0.933. The van der Waals surface area contributed by atoms with Crippen LogP contribution in [0.15, 0.2) is 42.5 Å². The van der Waals surface area contributed by atoms with Gasteiger partial charge in [-0.1, -0.05) is 13.8 Å². The second-order valence-corrected chi connectivity index (χ2v) is 5.82. The van der Waals surface area contributed by atoms with Crippen LogP contribution in [0.1, 0.15) is 24.2 Å². The maximum atomic E-state index is 12.4. The molecule has 0 atom stereocenters. The van der Waals surface area contributed by atoms with Crippen molar-refractivity contribution in [1.29, 1.82) is 0 Å². The van der Waals surface area contributed by atoms with Crippen molar-refractivity contribution in [3.8, 4) is 5.75 Å². The molecular formula is C18H19N3O5. The Bertz CT molecular complexity index is 831. The van der Waals surface area contributed by atoms with E-state index < -0.39 is 10.8 Å². The van der Waals surface area contributed by atoms with Crippen LogP contribution in [-0.2, 0) is 4.79 Å². The van der Waals surface area contributed by atoms with Gasteiger partial charge in [-0.15, -0.1) is 0 Å². The van der Waals surface area contributed by atoms with Gasteiger partial charge >= 0.3 is 0 Å². The first kappa shape index (κ1) is 18.9. The Morgan fingerprint density at radius 2 is 1.62 bits per heavy atom. The minimum Gasteiger partial charge on any atom is -0.496 e. The zero-order chi connectivity index (χ0) is 19.3. The van der Waals surface area contributed by atoms with Crippen LogP contribution < -0.4 is 15.4 Å². The number of anilines is 2. The van der Waals surface area contributed by atoms with E-state index >= 15 is 0 Å². The lowest BCUT2D eigenvalue weighted by atomic mass is 10.1. The van der Waals surface area contributed by atoms with Gasteiger partial charge in [0.25, 0.3) is 11.6 Å². The first-order valence-electron chi connectivity index (χ1n) is 7.86. The third kappa shape index (κ3) is 4.56. The number of non-ortho nitro benzene ring substituents is 1. The van der Waals surface area contributed by atoms with Crippen molar-refractivity contribution >= 4 is 28.9 Å². The largest absolute Gasteiger partial charge is 0.496 e. The summed E-state index contributed by atoms with van der Waals surface area (Å²) < 4.78 is 5.09. The lowest BCUT2D eigenvalue weighted by Crippen LogP contribution is -2.17. The number of carbonyl (C=O) groups is 2. The number of nitrogens with zero attached hydrogens (tertiary/aromatic N) is 1. The molecule has 136 valence electrons. The molecule has 26 heavy (non-hydrogen) atoms. The fourth-order valence-electron chi connectivity index (χ4n) is 2.11. The standard InChI is InChI=1S/C18H19N3O5/c1-11(2)17(22)19-12-4-6-13(7-5-12)20-18(23)15-10-14(21(24)25)8-9-16(15)26-3/h4-11H,1-3H3,(H,19,22)(H,20,23). The summed E-state index contributed by atoms with van der Waals surface area (Å²) >= 11 is 0. The Hall–Kier alpha value is -3.42. The highest BCUT2D eigenvalue weighted by Crippen LogP contribution is 2.25. The quantitative estimate of drug-likeness (QED) is 0.608. The number of hydrogen-bond acceptors (Lipinski definition) is 5. The van der Waals surface area contributed by atoms with E-state index in [-0.39, 0.29) is 28.8 Å². The van der Waals surface area contributed by atoms with Crippen molar-refractivity contribution in [2.24, 2.45) is 5.92 Å². The van der Waals surface area contributed by atoms with Crippen molar-refractivity contribution < 1.29 is 19.2 Å². The van der Waals surface area contributed by atoms with Gasteiger partial charge in [-0.3, -0.25) is 19.7 Å². The zero-order valence-electron chi connectivity index (χ0n) is 14.6. The van der Waals surface area contributed by atoms with Crippen molar-refractivity contribution in [2.75, 3.05) is 17.7 Å². The van der Waals surface area contributed by atoms with Crippen LogP contribution in [0.4, 0.5) is 17.1 Å². The monoisotopic (exact) mass is 357 g/mol. The lowest BCUT2D eigenvalue weighted by molar-refractivity contribution is -0.384. The normalized spacial score (nSPS) is 10.3. The molecule has 0 spiro atoms. The van der Waals surface area contributed by atoms with Crippen molar-refractivity contribution in [3.63, 3.8) is 0 Å². The molecule has 0 aliphatic heterocycles. The van der Waals surface area contributed by atoms with Gasteiger partial charge in [0.1, 0.15) is 5.75 Å². The molecule has 0 saturated heterocycles. The smallest absolute Gasteiger partial charge is 0.270 e. The molecule has 2 amide bonds. The molecule has 0 radical (unpaired) electrons. The van der Waals surface area contributed by atoms with Gasteiger partial charge in [0.15, 0.2) is 0 Å². The van der Waals surface area contributed by atoms with Crippen LogP contribution in [0.3, 0.4) is 0 Å². The summed E-state index contributed by atoms with van der Waals surface area (Å²) in [6.07, 6.45) is 0. The number of nitro benzene ring substituents is 1. The molecule has 0 aromatic heterocycles. The van der Waals surface area contributed by atoms with Gasteiger partial charge in [0.2, 0.25) is 5.91 Å². The highest BCUT2D eigenvalue weighted by molar-refractivity contribution is 6.06. The summed E-state index contributed by atoms with van der Waals surface area (Å²) in [4.78, 5) is 34.4. The third-order valence-corrected chi connectivity index (χ3v) is 3.57. The molecule has 2 rings (SSSR count). The maximum absolute atomic E-state index is 12.4. The van der Waals surface area contributed by atoms with Crippen molar-refractivity contribution in [1.82, 2.24) is 0 Å². The molecule has 0 heterocycles. The van der Waals surface area contributed by atoms with E-state index in [1.807, 2.05) is 0 Å². The second kappa shape index (κ2) is 8.11. The molecule has 2 N–H and O–H groups in total. The number of rotatable bonds is 6.